The molecule has 7 nitrogen and oxygen atoms in total. The fourth-order valence-electron chi connectivity index (χ4n) is 2.70. The molecule has 1 aromatic carbocycles. The Labute approximate surface area is 150 Å². The molecular formula is C18H17FN4O3. The van der Waals surface area contributed by atoms with Gasteiger partial charge in [-0.25, -0.2) is 14.4 Å². The summed E-state index contributed by atoms with van der Waals surface area (Å²) in [6, 6.07) is 7.87. The molecule has 1 saturated heterocycles. The zero-order valence-corrected chi connectivity index (χ0v) is 14.0. The second-order valence-electron chi connectivity index (χ2n) is 5.76. The van der Waals surface area contributed by atoms with Gasteiger partial charge in [-0.3, -0.25) is 4.79 Å². The first-order valence-electron chi connectivity index (χ1n) is 8.20. The van der Waals surface area contributed by atoms with Crippen LogP contribution in [0.4, 0.5) is 4.39 Å². The molecule has 8 heteroatoms. The summed E-state index contributed by atoms with van der Waals surface area (Å²) >= 11 is 0. The van der Waals surface area contributed by atoms with Crippen molar-refractivity contribution in [3.05, 3.63) is 48.2 Å². The van der Waals surface area contributed by atoms with E-state index >= 15 is 0 Å². The Morgan fingerprint density at radius 1 is 1.35 bits per heavy atom. The Morgan fingerprint density at radius 2 is 2.15 bits per heavy atom. The van der Waals surface area contributed by atoms with Crippen molar-refractivity contribution in [2.75, 3.05) is 19.7 Å². The lowest BCUT2D eigenvalue weighted by atomic mass is 10.1. The first kappa shape index (κ1) is 17.6. The van der Waals surface area contributed by atoms with Crippen molar-refractivity contribution in [1.82, 2.24) is 14.9 Å². The lowest BCUT2D eigenvalue weighted by Crippen LogP contribution is -2.46. The number of carbonyl (C=O) groups excluding carboxylic acids is 1. The second-order valence-corrected chi connectivity index (χ2v) is 5.76. The molecule has 0 N–H and O–H groups in total. The van der Waals surface area contributed by atoms with Crippen LogP contribution in [0.3, 0.4) is 0 Å². The molecule has 2 heterocycles. The monoisotopic (exact) mass is 356 g/mol. The molecule has 1 fully saturated rings. The molecule has 1 aliphatic rings. The van der Waals surface area contributed by atoms with Gasteiger partial charge in [0.2, 0.25) is 5.69 Å². The van der Waals surface area contributed by atoms with Crippen LogP contribution in [0.15, 0.2) is 36.7 Å². The van der Waals surface area contributed by atoms with E-state index in [1.54, 1.807) is 17.0 Å². The normalized spacial score (nSPS) is 16.6. The van der Waals surface area contributed by atoms with Gasteiger partial charge in [0.05, 0.1) is 6.54 Å². The molecule has 26 heavy (non-hydrogen) atoms. The number of carbonyl (C=O) groups is 1. The topological polar surface area (TPSA) is 88.3 Å². The van der Waals surface area contributed by atoms with Gasteiger partial charge in [-0.2, -0.15) is 5.26 Å². The number of halogens is 1. The summed E-state index contributed by atoms with van der Waals surface area (Å²) in [5.74, 6) is -0.547. The van der Waals surface area contributed by atoms with Gasteiger partial charge in [-0.15, -0.1) is 0 Å². The SMILES string of the molecule is N#Cc1nccnc1O[C@@H]1CCCN(C(=O)COc2ccccc2F)C1. The number of para-hydroxylation sites is 1. The van der Waals surface area contributed by atoms with Crippen molar-refractivity contribution >= 4 is 5.91 Å². The van der Waals surface area contributed by atoms with Crippen LogP contribution in [-0.2, 0) is 4.79 Å². The van der Waals surface area contributed by atoms with Crippen LogP contribution in [0.1, 0.15) is 18.5 Å². The molecule has 0 bridgehead atoms. The van der Waals surface area contributed by atoms with Crippen LogP contribution in [-0.4, -0.2) is 46.6 Å². The number of likely N-dealkylation sites (tertiary alicyclic amines) is 1. The van der Waals surface area contributed by atoms with Gasteiger partial charge in [0.25, 0.3) is 11.8 Å². The smallest absolute Gasteiger partial charge is 0.260 e. The molecule has 3 rings (SSSR count). The molecule has 0 saturated carbocycles. The Bertz CT molecular complexity index is 824. The highest BCUT2D eigenvalue weighted by Crippen LogP contribution is 2.19. The first-order valence-corrected chi connectivity index (χ1v) is 8.20. The summed E-state index contributed by atoms with van der Waals surface area (Å²) in [5.41, 5.74) is 0.110. The average Bonchev–Trinajstić information content (AvgIpc) is 2.68. The number of aromatic nitrogens is 2. The summed E-state index contributed by atoms with van der Waals surface area (Å²) in [4.78, 5) is 21.9. The highest BCUT2D eigenvalue weighted by Gasteiger charge is 2.26. The molecule has 1 amide bonds. The van der Waals surface area contributed by atoms with E-state index in [0.717, 1.165) is 12.8 Å². The third kappa shape index (κ3) is 4.25. The van der Waals surface area contributed by atoms with E-state index in [2.05, 4.69) is 9.97 Å². The third-order valence-electron chi connectivity index (χ3n) is 3.97. The number of rotatable bonds is 5. The molecule has 0 radical (unpaired) electrons. The number of hydrogen-bond acceptors (Lipinski definition) is 6. The highest BCUT2D eigenvalue weighted by atomic mass is 19.1. The Balaban J connectivity index is 1.57. The number of amides is 1. The van der Waals surface area contributed by atoms with Crippen LogP contribution in [0.25, 0.3) is 0 Å². The van der Waals surface area contributed by atoms with Crippen LogP contribution >= 0.6 is 0 Å². The van der Waals surface area contributed by atoms with E-state index in [9.17, 15) is 9.18 Å². The molecule has 0 aliphatic carbocycles. The van der Waals surface area contributed by atoms with Crippen molar-refractivity contribution in [2.45, 2.75) is 18.9 Å². The number of nitrogens with zero attached hydrogens (tertiary/aromatic N) is 4. The van der Waals surface area contributed by atoms with E-state index in [1.807, 2.05) is 6.07 Å². The summed E-state index contributed by atoms with van der Waals surface area (Å²) in [5, 5.41) is 9.04. The van der Waals surface area contributed by atoms with Crippen molar-refractivity contribution < 1.29 is 18.7 Å². The predicted octanol–water partition coefficient (Wildman–Crippen LogP) is 1.94. The molecule has 0 unspecified atom stereocenters. The summed E-state index contributed by atoms with van der Waals surface area (Å²) in [7, 11) is 0. The zero-order chi connectivity index (χ0) is 18.4. The van der Waals surface area contributed by atoms with Crippen molar-refractivity contribution in [1.29, 1.82) is 5.26 Å². The van der Waals surface area contributed by atoms with Crippen LogP contribution in [0.2, 0.25) is 0 Å². The van der Waals surface area contributed by atoms with E-state index in [4.69, 9.17) is 14.7 Å². The van der Waals surface area contributed by atoms with E-state index in [-0.39, 0.29) is 35.9 Å². The van der Waals surface area contributed by atoms with Gasteiger partial charge in [0.1, 0.15) is 12.2 Å². The standard InChI is InChI=1S/C18H17FN4O3/c19-14-5-1-2-6-16(14)25-12-17(24)23-9-3-4-13(11-23)26-18-15(10-20)21-7-8-22-18/h1-2,5-8,13H,3-4,9,11-12H2/t13-/m1/s1. The molecule has 1 atom stereocenters. The number of benzene rings is 1. The number of ether oxygens (including phenoxy) is 2. The maximum atomic E-state index is 13.5. The molecule has 1 aromatic heterocycles. The quantitative estimate of drug-likeness (QED) is 0.813. The van der Waals surface area contributed by atoms with Crippen molar-refractivity contribution in [2.24, 2.45) is 0 Å². The largest absolute Gasteiger partial charge is 0.481 e. The van der Waals surface area contributed by atoms with Gasteiger partial charge in [0.15, 0.2) is 18.2 Å². The minimum Gasteiger partial charge on any atom is -0.481 e. The minimum absolute atomic E-state index is 0.0453. The highest BCUT2D eigenvalue weighted by molar-refractivity contribution is 5.77. The van der Waals surface area contributed by atoms with Gasteiger partial charge in [-0.1, -0.05) is 12.1 Å². The average molecular weight is 356 g/mol. The zero-order valence-electron chi connectivity index (χ0n) is 14.0. The second kappa shape index (κ2) is 8.25. The Hall–Kier alpha value is -3.21. The fraction of sp³-hybridized carbons (Fsp3) is 0.333. The maximum absolute atomic E-state index is 13.5. The summed E-state index contributed by atoms with van der Waals surface area (Å²) < 4.78 is 24.6. The Morgan fingerprint density at radius 3 is 2.96 bits per heavy atom. The summed E-state index contributed by atoms with van der Waals surface area (Å²) in [6.07, 6.45) is 4.06. The van der Waals surface area contributed by atoms with Gasteiger partial charge in [0, 0.05) is 18.9 Å². The summed E-state index contributed by atoms with van der Waals surface area (Å²) in [6.45, 7) is 0.675. The minimum atomic E-state index is -0.508. The van der Waals surface area contributed by atoms with Crippen molar-refractivity contribution in [3.8, 4) is 17.7 Å². The van der Waals surface area contributed by atoms with Crippen LogP contribution < -0.4 is 9.47 Å². The van der Waals surface area contributed by atoms with E-state index in [1.165, 1.54) is 24.5 Å². The number of piperidine rings is 1. The van der Waals surface area contributed by atoms with Crippen LogP contribution in [0, 0.1) is 17.1 Å². The maximum Gasteiger partial charge on any atom is 0.260 e. The Kier molecular flexibility index (Phi) is 5.59. The van der Waals surface area contributed by atoms with Gasteiger partial charge >= 0.3 is 0 Å². The molecular weight excluding hydrogens is 339 g/mol. The van der Waals surface area contributed by atoms with Crippen molar-refractivity contribution in [3.63, 3.8) is 0 Å². The van der Waals surface area contributed by atoms with E-state index in [0.29, 0.717) is 13.1 Å². The lowest BCUT2D eigenvalue weighted by Gasteiger charge is -2.32. The molecule has 0 spiro atoms. The predicted molar refractivity (Wildman–Crippen MR) is 88.9 cm³/mol. The van der Waals surface area contributed by atoms with E-state index < -0.39 is 5.82 Å². The van der Waals surface area contributed by atoms with Gasteiger partial charge in [-0.05, 0) is 25.0 Å². The first-order chi connectivity index (χ1) is 12.7. The number of nitriles is 1. The number of hydrogen-bond donors (Lipinski definition) is 0. The van der Waals surface area contributed by atoms with Gasteiger partial charge < -0.3 is 14.4 Å². The fourth-order valence-corrected chi connectivity index (χ4v) is 2.70. The van der Waals surface area contributed by atoms with Crippen LogP contribution in [0.5, 0.6) is 11.6 Å². The third-order valence-corrected chi connectivity index (χ3v) is 3.97. The molecule has 134 valence electrons. The molecule has 1 aliphatic heterocycles. The molecule has 2 aromatic rings. The lowest BCUT2D eigenvalue weighted by molar-refractivity contribution is -0.136.